The van der Waals surface area contributed by atoms with E-state index in [0.717, 1.165) is 35.2 Å². The Labute approximate surface area is 150 Å². The molecule has 0 saturated carbocycles. The molecule has 1 saturated heterocycles. The highest BCUT2D eigenvalue weighted by Gasteiger charge is 2.23. The Morgan fingerprint density at radius 1 is 1.28 bits per heavy atom. The molecule has 0 bridgehead atoms. The van der Waals surface area contributed by atoms with E-state index in [0.29, 0.717) is 18.2 Å². The number of imidazole rings is 1. The Bertz CT molecular complexity index is 891. The molecule has 4 nitrogen and oxygen atoms in total. The van der Waals surface area contributed by atoms with Crippen molar-refractivity contribution in [3.63, 3.8) is 0 Å². The van der Waals surface area contributed by atoms with Crippen LogP contribution in [-0.4, -0.2) is 34.1 Å². The van der Waals surface area contributed by atoms with Crippen LogP contribution in [0.5, 0.6) is 0 Å². The summed E-state index contributed by atoms with van der Waals surface area (Å²) in [4.78, 5) is 6.63. The molecule has 130 valence electrons. The monoisotopic (exact) mass is 359 g/mol. The number of morpholine rings is 1. The third-order valence-electron chi connectivity index (χ3n) is 4.60. The van der Waals surface area contributed by atoms with Crippen molar-refractivity contribution >= 4 is 22.6 Å². The lowest BCUT2D eigenvalue weighted by atomic mass is 10.1. The van der Waals surface area contributed by atoms with Gasteiger partial charge in [-0.2, -0.15) is 0 Å². The number of aryl methyl sites for hydroxylation is 1. The molecule has 6 heteroatoms. The average molecular weight is 360 g/mol. The molecule has 4 rings (SSSR count). The van der Waals surface area contributed by atoms with Crippen LogP contribution in [0.25, 0.3) is 11.0 Å². The second-order valence-electron chi connectivity index (χ2n) is 6.48. The van der Waals surface area contributed by atoms with Gasteiger partial charge in [-0.05, 0) is 41.5 Å². The molecule has 1 aliphatic rings. The number of nitrogens with zero attached hydrogens (tertiary/aromatic N) is 3. The van der Waals surface area contributed by atoms with Crippen molar-refractivity contribution < 1.29 is 9.13 Å². The fraction of sp³-hybridized carbons (Fsp3) is 0.316. The maximum atomic E-state index is 13.5. The van der Waals surface area contributed by atoms with Gasteiger partial charge in [0.25, 0.3) is 0 Å². The summed E-state index contributed by atoms with van der Waals surface area (Å²) in [6.45, 7) is 2.89. The van der Waals surface area contributed by atoms with Gasteiger partial charge in [-0.25, -0.2) is 9.37 Å². The first-order valence-corrected chi connectivity index (χ1v) is 8.66. The normalized spacial score (nSPS) is 18.8. The number of hydrogen-bond acceptors (Lipinski definition) is 3. The second kappa shape index (κ2) is 6.75. The zero-order valence-corrected chi connectivity index (χ0v) is 14.7. The molecule has 1 fully saturated rings. The van der Waals surface area contributed by atoms with Crippen LogP contribution < -0.4 is 0 Å². The smallest absolute Gasteiger partial charge is 0.125 e. The number of halogens is 2. The van der Waals surface area contributed by atoms with Gasteiger partial charge in [0.15, 0.2) is 0 Å². The number of benzene rings is 2. The lowest BCUT2D eigenvalue weighted by Crippen LogP contribution is -2.37. The fourth-order valence-electron chi connectivity index (χ4n) is 3.35. The van der Waals surface area contributed by atoms with Gasteiger partial charge in [-0.15, -0.1) is 0 Å². The first kappa shape index (κ1) is 16.5. The Kier molecular flexibility index (Phi) is 4.46. The van der Waals surface area contributed by atoms with E-state index >= 15 is 0 Å². The molecule has 2 heterocycles. The van der Waals surface area contributed by atoms with Crippen LogP contribution >= 0.6 is 11.6 Å². The fourth-order valence-corrected chi connectivity index (χ4v) is 3.60. The van der Waals surface area contributed by atoms with E-state index in [1.165, 1.54) is 12.1 Å². The minimum absolute atomic E-state index is 0.00270. The predicted molar refractivity (Wildman–Crippen MR) is 96.1 cm³/mol. The summed E-state index contributed by atoms with van der Waals surface area (Å²) >= 11 is 5.96. The molecule has 1 atom stereocenters. The largest absolute Gasteiger partial charge is 0.371 e. The molecular formula is C19H19ClFN3O. The number of aromatic nitrogens is 2. The van der Waals surface area contributed by atoms with Gasteiger partial charge < -0.3 is 9.30 Å². The van der Waals surface area contributed by atoms with Crippen LogP contribution in [-0.2, 0) is 18.3 Å². The van der Waals surface area contributed by atoms with E-state index in [4.69, 9.17) is 16.3 Å². The summed E-state index contributed by atoms with van der Waals surface area (Å²) in [6, 6.07) is 10.9. The summed E-state index contributed by atoms with van der Waals surface area (Å²) in [5.41, 5.74) is 4.09. The van der Waals surface area contributed by atoms with E-state index in [9.17, 15) is 4.39 Å². The molecule has 0 aliphatic carbocycles. The maximum absolute atomic E-state index is 13.5. The lowest BCUT2D eigenvalue weighted by molar-refractivity contribution is -0.0328. The molecule has 2 aromatic carbocycles. The molecule has 0 radical (unpaired) electrons. The van der Waals surface area contributed by atoms with Crippen molar-refractivity contribution in [3.05, 3.63) is 64.7 Å². The maximum Gasteiger partial charge on any atom is 0.125 e. The molecule has 0 spiro atoms. The van der Waals surface area contributed by atoms with Crippen LogP contribution in [0.1, 0.15) is 17.2 Å². The average Bonchev–Trinajstić information content (AvgIpc) is 2.95. The first-order valence-electron chi connectivity index (χ1n) is 8.28. The van der Waals surface area contributed by atoms with Crippen molar-refractivity contribution in [3.8, 4) is 0 Å². The summed E-state index contributed by atoms with van der Waals surface area (Å²) in [5.74, 6) is -0.297. The molecule has 1 aromatic heterocycles. The number of hydrogen-bond donors (Lipinski definition) is 0. The van der Waals surface area contributed by atoms with Crippen LogP contribution in [0.4, 0.5) is 4.39 Å². The topological polar surface area (TPSA) is 30.3 Å². The van der Waals surface area contributed by atoms with E-state index < -0.39 is 0 Å². The van der Waals surface area contributed by atoms with Gasteiger partial charge in [0.05, 0.1) is 30.1 Å². The zero-order valence-electron chi connectivity index (χ0n) is 14.0. The van der Waals surface area contributed by atoms with Gasteiger partial charge >= 0.3 is 0 Å². The van der Waals surface area contributed by atoms with Gasteiger partial charge in [0.1, 0.15) is 5.82 Å². The van der Waals surface area contributed by atoms with E-state index in [2.05, 4.69) is 22.0 Å². The molecule has 3 aromatic rings. The van der Waals surface area contributed by atoms with E-state index in [1.54, 1.807) is 0 Å². The minimum Gasteiger partial charge on any atom is -0.371 e. The summed E-state index contributed by atoms with van der Waals surface area (Å²) in [6.07, 6.45) is 1.81. The van der Waals surface area contributed by atoms with E-state index in [1.807, 2.05) is 30.1 Å². The van der Waals surface area contributed by atoms with Gasteiger partial charge in [0.2, 0.25) is 0 Å². The van der Waals surface area contributed by atoms with Crippen LogP contribution in [0.3, 0.4) is 0 Å². The molecule has 0 unspecified atom stereocenters. The SMILES string of the molecule is Cn1cnc2ccc([C@H]3CN(Cc4cc(F)cc(Cl)c4)CCO3)cc21. The van der Waals surface area contributed by atoms with Crippen molar-refractivity contribution in [2.75, 3.05) is 19.7 Å². The number of ether oxygens (including phenoxy) is 1. The van der Waals surface area contributed by atoms with Crippen molar-refractivity contribution in [1.29, 1.82) is 0 Å². The van der Waals surface area contributed by atoms with Crippen LogP contribution in [0.2, 0.25) is 5.02 Å². The van der Waals surface area contributed by atoms with Gasteiger partial charge in [-0.3, -0.25) is 4.90 Å². The minimum atomic E-state index is -0.297. The summed E-state index contributed by atoms with van der Waals surface area (Å²) in [7, 11) is 1.99. The van der Waals surface area contributed by atoms with Crippen molar-refractivity contribution in [2.24, 2.45) is 7.05 Å². The zero-order chi connectivity index (χ0) is 17.4. The highest BCUT2D eigenvalue weighted by molar-refractivity contribution is 6.30. The Balaban J connectivity index is 1.52. The third kappa shape index (κ3) is 3.54. The van der Waals surface area contributed by atoms with Crippen molar-refractivity contribution in [1.82, 2.24) is 14.5 Å². The molecular weight excluding hydrogens is 341 g/mol. The van der Waals surface area contributed by atoms with Gasteiger partial charge in [-0.1, -0.05) is 17.7 Å². The Morgan fingerprint density at radius 3 is 3.00 bits per heavy atom. The Hall–Kier alpha value is -1.95. The molecule has 0 N–H and O–H groups in total. The summed E-state index contributed by atoms with van der Waals surface area (Å²) in [5, 5.41) is 0.432. The van der Waals surface area contributed by atoms with Crippen molar-refractivity contribution in [2.45, 2.75) is 12.6 Å². The molecule has 0 amide bonds. The molecule has 25 heavy (non-hydrogen) atoms. The van der Waals surface area contributed by atoms with Crippen LogP contribution in [0.15, 0.2) is 42.7 Å². The third-order valence-corrected chi connectivity index (χ3v) is 4.82. The molecule has 1 aliphatic heterocycles. The quantitative estimate of drug-likeness (QED) is 0.709. The van der Waals surface area contributed by atoms with E-state index in [-0.39, 0.29) is 11.9 Å². The number of fused-ring (bicyclic) bond motifs is 1. The Morgan fingerprint density at radius 2 is 2.16 bits per heavy atom. The van der Waals surface area contributed by atoms with Gasteiger partial charge in [0, 0.05) is 31.7 Å². The first-order chi connectivity index (χ1) is 12.1. The summed E-state index contributed by atoms with van der Waals surface area (Å²) < 4.78 is 21.5. The highest BCUT2D eigenvalue weighted by Crippen LogP contribution is 2.26. The van der Waals surface area contributed by atoms with Crippen LogP contribution in [0, 0.1) is 5.82 Å². The predicted octanol–water partition coefficient (Wildman–Crippen LogP) is 3.94. The highest BCUT2D eigenvalue weighted by atomic mass is 35.5. The standard InChI is InChI=1S/C19H19ClFN3O/c1-23-12-22-17-3-2-14(8-18(17)23)19-11-24(4-5-25-19)10-13-6-15(20)9-16(21)7-13/h2-3,6-9,12,19H,4-5,10-11H2,1H3/t19-/m1/s1. The number of rotatable bonds is 3. The lowest BCUT2D eigenvalue weighted by Gasteiger charge is -2.33. The second-order valence-corrected chi connectivity index (χ2v) is 6.91.